The van der Waals surface area contributed by atoms with E-state index >= 15 is 0 Å². The van der Waals surface area contributed by atoms with Crippen LogP contribution in [0.4, 0.5) is 0 Å². The van der Waals surface area contributed by atoms with Gasteiger partial charge >= 0.3 is 17.9 Å². The largest absolute Gasteiger partial charge is 0.465 e. The monoisotopic (exact) mass is 762 g/mol. The number of unbranched alkanes of at least 4 members (excludes halogenated alkanes) is 20. The number of esters is 3. The molecule has 314 valence electrons. The molecule has 8 heteroatoms. The van der Waals surface area contributed by atoms with E-state index in [1.165, 1.54) is 89.9 Å². The molecule has 0 saturated carbocycles. The molecule has 1 aliphatic rings. The molecular weight excluding hydrogens is 679 g/mol. The van der Waals surface area contributed by atoms with E-state index in [2.05, 4.69) is 43.1 Å². The molecule has 8 nitrogen and oxygen atoms in total. The van der Waals surface area contributed by atoms with Crippen LogP contribution in [-0.4, -0.2) is 74.0 Å². The lowest BCUT2D eigenvalue weighted by atomic mass is 10.0. The Morgan fingerprint density at radius 3 is 1.22 bits per heavy atom. The molecule has 0 aromatic rings. The minimum absolute atomic E-state index is 0.0656. The van der Waals surface area contributed by atoms with Crippen LogP contribution in [0.15, 0.2) is 24.3 Å². The lowest BCUT2D eigenvalue weighted by Crippen LogP contribution is -2.48. The number of carbonyl (C=O) groups is 3. The number of hydrogen-bond acceptors (Lipinski definition) is 8. The minimum atomic E-state index is -0.382. The zero-order valence-electron chi connectivity index (χ0n) is 35.1. The number of aliphatic hydroxyl groups excluding tert-OH is 1. The molecule has 0 aromatic heterocycles. The van der Waals surface area contributed by atoms with Gasteiger partial charge in [-0.2, -0.15) is 0 Å². The second kappa shape index (κ2) is 37.7. The normalized spacial score (nSPS) is 13.6. The van der Waals surface area contributed by atoms with Crippen molar-refractivity contribution in [3.63, 3.8) is 0 Å². The molecule has 1 fully saturated rings. The zero-order chi connectivity index (χ0) is 39.2. The van der Waals surface area contributed by atoms with Gasteiger partial charge in [0.25, 0.3) is 0 Å². The molecule has 0 aromatic carbocycles. The Morgan fingerprint density at radius 1 is 0.519 bits per heavy atom. The summed E-state index contributed by atoms with van der Waals surface area (Å²) >= 11 is 0. The van der Waals surface area contributed by atoms with Crippen LogP contribution in [0.3, 0.4) is 0 Å². The quantitative estimate of drug-likeness (QED) is 0.0286. The third-order valence-electron chi connectivity index (χ3n) is 10.4. The molecular formula is C46H83NO7. The summed E-state index contributed by atoms with van der Waals surface area (Å²) in [6.45, 7) is 7.88. The van der Waals surface area contributed by atoms with E-state index < -0.39 is 0 Å². The molecule has 0 radical (unpaired) electrons. The van der Waals surface area contributed by atoms with Crippen LogP contribution in [0.1, 0.15) is 194 Å². The van der Waals surface area contributed by atoms with Crippen LogP contribution in [0.25, 0.3) is 0 Å². The Kier molecular flexibility index (Phi) is 34.8. The summed E-state index contributed by atoms with van der Waals surface area (Å²) in [6.07, 6.45) is 38.8. The average molecular weight is 762 g/mol. The fourth-order valence-electron chi connectivity index (χ4n) is 6.72. The molecule has 0 bridgehead atoms. The van der Waals surface area contributed by atoms with Crippen molar-refractivity contribution < 1.29 is 33.7 Å². The predicted molar refractivity (Wildman–Crippen MR) is 222 cm³/mol. The lowest BCUT2D eigenvalue weighted by molar-refractivity contribution is -0.153. The second-order valence-corrected chi connectivity index (χ2v) is 15.8. The van der Waals surface area contributed by atoms with Gasteiger partial charge in [0.15, 0.2) is 0 Å². The van der Waals surface area contributed by atoms with E-state index in [4.69, 9.17) is 19.3 Å². The summed E-state index contributed by atoms with van der Waals surface area (Å²) in [7, 11) is 0. The van der Waals surface area contributed by atoms with Crippen molar-refractivity contribution in [2.45, 2.75) is 194 Å². The molecule has 1 N–H and O–H groups in total. The number of ether oxygens (including phenoxy) is 3. The summed E-state index contributed by atoms with van der Waals surface area (Å²) in [5.41, 5.74) is 0. The zero-order valence-corrected chi connectivity index (χ0v) is 35.1. The maximum atomic E-state index is 12.5. The van der Waals surface area contributed by atoms with Crippen LogP contribution >= 0.6 is 0 Å². The summed E-state index contributed by atoms with van der Waals surface area (Å²) in [5.74, 6) is -0.739. The molecule has 0 spiro atoms. The highest BCUT2D eigenvalue weighted by atomic mass is 16.6. The summed E-state index contributed by atoms with van der Waals surface area (Å²) in [4.78, 5) is 39.9. The molecule has 0 unspecified atom stereocenters. The third kappa shape index (κ3) is 32.1. The molecule has 1 rings (SSSR count). The first-order chi connectivity index (χ1) is 26.5. The lowest BCUT2D eigenvalue weighted by Gasteiger charge is -2.38. The highest BCUT2D eigenvalue weighted by Crippen LogP contribution is 2.16. The molecule has 0 amide bonds. The minimum Gasteiger partial charge on any atom is -0.465 e. The predicted octanol–water partition coefficient (Wildman–Crippen LogP) is 11.2. The van der Waals surface area contributed by atoms with E-state index in [0.29, 0.717) is 25.2 Å². The van der Waals surface area contributed by atoms with Crippen molar-refractivity contribution in [1.82, 2.24) is 4.90 Å². The van der Waals surface area contributed by atoms with Gasteiger partial charge in [0.05, 0.1) is 5.92 Å². The van der Waals surface area contributed by atoms with E-state index in [1.807, 2.05) is 0 Å². The molecule has 1 aliphatic heterocycles. The van der Waals surface area contributed by atoms with Crippen LogP contribution in [0, 0.1) is 11.8 Å². The van der Waals surface area contributed by atoms with Gasteiger partial charge in [-0.1, -0.05) is 122 Å². The van der Waals surface area contributed by atoms with Crippen LogP contribution in [-0.2, 0) is 28.6 Å². The van der Waals surface area contributed by atoms with Crippen molar-refractivity contribution in [3.05, 3.63) is 24.3 Å². The highest BCUT2D eigenvalue weighted by molar-refractivity contribution is 5.70. The number of likely N-dealkylation sites (tertiary alicyclic amines) is 1. The van der Waals surface area contributed by atoms with Gasteiger partial charge < -0.3 is 24.2 Å². The van der Waals surface area contributed by atoms with Gasteiger partial charge in [-0.25, -0.2) is 0 Å². The Morgan fingerprint density at radius 2 is 0.852 bits per heavy atom. The summed E-state index contributed by atoms with van der Waals surface area (Å²) in [5, 5.41) is 9.17. The van der Waals surface area contributed by atoms with Gasteiger partial charge in [0.1, 0.15) is 19.8 Å². The topological polar surface area (TPSA) is 102 Å². The van der Waals surface area contributed by atoms with Gasteiger partial charge in [0.2, 0.25) is 0 Å². The van der Waals surface area contributed by atoms with Gasteiger partial charge in [0, 0.05) is 44.9 Å². The van der Waals surface area contributed by atoms with E-state index in [-0.39, 0.29) is 50.3 Å². The van der Waals surface area contributed by atoms with Crippen molar-refractivity contribution >= 4 is 17.9 Å². The highest BCUT2D eigenvalue weighted by Gasteiger charge is 2.24. The maximum Gasteiger partial charge on any atom is 0.305 e. The van der Waals surface area contributed by atoms with E-state index in [0.717, 1.165) is 90.3 Å². The van der Waals surface area contributed by atoms with Gasteiger partial charge in [-0.15, -0.1) is 0 Å². The first kappa shape index (κ1) is 49.8. The Bertz CT molecular complexity index is 893. The van der Waals surface area contributed by atoms with E-state index in [9.17, 15) is 14.4 Å². The molecule has 54 heavy (non-hydrogen) atoms. The summed E-state index contributed by atoms with van der Waals surface area (Å²) < 4.78 is 16.7. The Balaban J connectivity index is 2.27. The van der Waals surface area contributed by atoms with Gasteiger partial charge in [-0.3, -0.25) is 14.4 Å². The number of hydrogen-bond donors (Lipinski definition) is 1. The average Bonchev–Trinajstić information content (AvgIpc) is 3.15. The fraction of sp³-hybridized carbons (Fsp3) is 0.848. The van der Waals surface area contributed by atoms with Crippen molar-refractivity contribution in [3.8, 4) is 0 Å². The first-order valence-corrected chi connectivity index (χ1v) is 22.6. The van der Waals surface area contributed by atoms with E-state index in [1.54, 1.807) is 0 Å². The van der Waals surface area contributed by atoms with Crippen molar-refractivity contribution in [1.29, 1.82) is 0 Å². The first-order valence-electron chi connectivity index (χ1n) is 22.6. The maximum absolute atomic E-state index is 12.5. The van der Waals surface area contributed by atoms with Crippen molar-refractivity contribution in [2.75, 3.05) is 46.1 Å². The number of rotatable bonds is 39. The van der Waals surface area contributed by atoms with Crippen LogP contribution in [0.2, 0.25) is 0 Å². The van der Waals surface area contributed by atoms with Crippen molar-refractivity contribution in [2.24, 2.45) is 11.8 Å². The molecule has 0 aliphatic carbocycles. The number of aliphatic hydroxyl groups is 1. The van der Waals surface area contributed by atoms with Crippen LogP contribution in [0.5, 0.6) is 0 Å². The number of allylic oxidation sites excluding steroid dienone is 4. The SMILES string of the molecule is CCCCCC/C=C\CCCCCCCC(=O)OCC(COC(=O)CCCCCCC/C=C\CCCCCC)COC(=O)CCCCCN1CC(CO)C1. The summed E-state index contributed by atoms with van der Waals surface area (Å²) in [6, 6.07) is 0. The standard InChI is InChI=1S/C46H83NO7/c1-3-5-7-9-11-13-15-17-19-21-23-25-28-32-44(49)52-39-43(41-54-46(51)34-30-27-31-35-47-36-42(37-47)38-48)40-53-45(50)33-29-26-24-22-20-18-16-14-12-10-8-6-4-2/h13-16,42-43,48H,3-12,17-41H2,1-2H3/b15-13-,16-14-. The smallest absolute Gasteiger partial charge is 0.305 e. The third-order valence-corrected chi connectivity index (χ3v) is 10.4. The molecule has 0 atom stereocenters. The molecule has 1 heterocycles. The Hall–Kier alpha value is -2.19. The molecule has 1 saturated heterocycles. The fourth-order valence-corrected chi connectivity index (χ4v) is 6.72. The Labute approximate surface area is 331 Å². The number of nitrogens with zero attached hydrogens (tertiary/aromatic N) is 1. The second-order valence-electron chi connectivity index (χ2n) is 15.8. The number of carbonyl (C=O) groups excluding carboxylic acids is 3. The van der Waals surface area contributed by atoms with Crippen LogP contribution < -0.4 is 0 Å². The van der Waals surface area contributed by atoms with Gasteiger partial charge in [-0.05, 0) is 83.6 Å².